The molecule has 3 aromatic rings. The number of pyridine rings is 1. The summed E-state index contributed by atoms with van der Waals surface area (Å²) in [6, 6.07) is 8.35. The number of hydrogen-bond donors (Lipinski definition) is 1. The Kier molecular flexibility index (Phi) is 7.51. The van der Waals surface area contributed by atoms with Gasteiger partial charge in [0.05, 0.1) is 5.02 Å². The first-order chi connectivity index (χ1) is 17.4. The summed E-state index contributed by atoms with van der Waals surface area (Å²) < 4.78 is 0. The summed E-state index contributed by atoms with van der Waals surface area (Å²) in [4.78, 5) is 32.1. The van der Waals surface area contributed by atoms with Gasteiger partial charge in [0, 0.05) is 79.5 Å². The average molecular weight is 528 g/mol. The molecule has 2 aromatic heterocycles. The third-order valence-corrected chi connectivity index (χ3v) is 8.05. The lowest BCUT2D eigenvalue weighted by Gasteiger charge is -2.47. The Morgan fingerprint density at radius 3 is 2.58 bits per heavy atom. The lowest BCUT2D eigenvalue weighted by Crippen LogP contribution is -2.58. The maximum absolute atomic E-state index is 13.1. The highest BCUT2D eigenvalue weighted by Crippen LogP contribution is 2.31. The molecule has 4 heterocycles. The standard InChI is InChI=1S/C27H32Cl2N6O/c1-3-21-17-34(26-24(29)15-19(16-32-26)25-30-8-9-31-25)12-13-35(21)22-6-10-33(11-7-22)27(36)23-5-4-20(28)14-18(23)2/h4-5,8-9,14-16,21-22H,3,6-7,10-13,17H2,1-2H3,(H,30,31)/t21-/m0/s1. The van der Waals surface area contributed by atoms with Crippen molar-refractivity contribution in [2.24, 2.45) is 0 Å². The molecule has 0 radical (unpaired) electrons. The summed E-state index contributed by atoms with van der Waals surface area (Å²) in [5.41, 5.74) is 2.57. The van der Waals surface area contributed by atoms with Crippen molar-refractivity contribution in [3.63, 3.8) is 0 Å². The number of hydrogen-bond acceptors (Lipinski definition) is 5. The summed E-state index contributed by atoms with van der Waals surface area (Å²) in [7, 11) is 0. The molecular weight excluding hydrogens is 495 g/mol. The van der Waals surface area contributed by atoms with Crippen LogP contribution in [-0.4, -0.2) is 75.5 Å². The summed E-state index contributed by atoms with van der Waals surface area (Å²) in [5.74, 6) is 1.71. The zero-order chi connectivity index (χ0) is 25.2. The van der Waals surface area contributed by atoms with E-state index >= 15 is 0 Å². The van der Waals surface area contributed by atoms with Crippen LogP contribution in [0.2, 0.25) is 10.0 Å². The van der Waals surface area contributed by atoms with Gasteiger partial charge < -0.3 is 14.8 Å². The number of imidazole rings is 1. The van der Waals surface area contributed by atoms with Crippen molar-refractivity contribution in [2.75, 3.05) is 37.6 Å². The fourth-order valence-electron chi connectivity index (χ4n) is 5.56. The van der Waals surface area contributed by atoms with E-state index in [1.54, 1.807) is 18.5 Å². The van der Waals surface area contributed by atoms with Gasteiger partial charge in [0.15, 0.2) is 0 Å². The van der Waals surface area contributed by atoms with E-state index in [9.17, 15) is 4.79 Å². The summed E-state index contributed by atoms with van der Waals surface area (Å²) in [6.07, 6.45) is 8.39. The van der Waals surface area contributed by atoms with E-state index in [4.69, 9.17) is 28.2 Å². The van der Waals surface area contributed by atoms with Crippen molar-refractivity contribution in [3.8, 4) is 11.4 Å². The SMILES string of the molecule is CC[C@H]1CN(c2ncc(-c3ncc[nH]3)cc2Cl)CCN1C1CCN(C(=O)c2ccc(Cl)cc2C)CC1. The Hall–Kier alpha value is -2.61. The Morgan fingerprint density at radius 1 is 1.11 bits per heavy atom. The van der Waals surface area contributed by atoms with Crippen LogP contribution in [0.15, 0.2) is 42.9 Å². The summed E-state index contributed by atoms with van der Waals surface area (Å²) in [6.45, 7) is 8.50. The largest absolute Gasteiger partial charge is 0.353 e. The minimum absolute atomic E-state index is 0.109. The molecule has 0 bridgehead atoms. The lowest BCUT2D eigenvalue weighted by molar-refractivity contribution is 0.0490. The zero-order valence-electron chi connectivity index (χ0n) is 20.8. The molecule has 1 aromatic carbocycles. The Morgan fingerprint density at radius 2 is 1.92 bits per heavy atom. The van der Waals surface area contributed by atoms with Gasteiger partial charge in [-0.25, -0.2) is 9.97 Å². The van der Waals surface area contributed by atoms with Crippen molar-refractivity contribution in [3.05, 3.63) is 64.0 Å². The van der Waals surface area contributed by atoms with Crippen LogP contribution in [0.5, 0.6) is 0 Å². The van der Waals surface area contributed by atoms with E-state index in [1.807, 2.05) is 36.2 Å². The number of amides is 1. The second-order valence-corrected chi connectivity index (χ2v) is 10.5. The minimum atomic E-state index is 0.109. The number of H-pyrrole nitrogens is 1. The Bertz CT molecular complexity index is 1210. The van der Waals surface area contributed by atoms with E-state index < -0.39 is 0 Å². The van der Waals surface area contributed by atoms with E-state index in [2.05, 4.69) is 26.7 Å². The second-order valence-electron chi connectivity index (χ2n) is 9.70. The van der Waals surface area contributed by atoms with Gasteiger partial charge in [0.25, 0.3) is 5.91 Å². The van der Waals surface area contributed by atoms with Gasteiger partial charge >= 0.3 is 0 Å². The van der Waals surface area contributed by atoms with Gasteiger partial charge in [-0.15, -0.1) is 0 Å². The predicted molar refractivity (Wildman–Crippen MR) is 145 cm³/mol. The maximum atomic E-state index is 13.1. The highest BCUT2D eigenvalue weighted by atomic mass is 35.5. The number of anilines is 1. The number of rotatable bonds is 5. The molecule has 190 valence electrons. The molecule has 0 saturated carbocycles. The first kappa shape index (κ1) is 25.1. The number of carbonyl (C=O) groups is 1. The minimum Gasteiger partial charge on any atom is -0.353 e. The number of aromatic amines is 1. The quantitative estimate of drug-likeness (QED) is 0.488. The molecule has 1 amide bonds. The number of nitrogens with one attached hydrogen (secondary N) is 1. The fourth-order valence-corrected chi connectivity index (χ4v) is 6.07. The average Bonchev–Trinajstić information content (AvgIpc) is 3.43. The number of carbonyl (C=O) groups excluding carboxylic acids is 1. The van der Waals surface area contributed by atoms with E-state index in [0.717, 1.165) is 80.3 Å². The molecule has 2 saturated heterocycles. The molecular formula is C27H32Cl2N6O. The van der Waals surface area contributed by atoms with Crippen LogP contribution in [0, 0.1) is 6.92 Å². The van der Waals surface area contributed by atoms with Crippen LogP contribution in [0.3, 0.4) is 0 Å². The molecule has 9 heteroatoms. The van der Waals surface area contributed by atoms with Gasteiger partial charge in [-0.1, -0.05) is 30.1 Å². The topological polar surface area (TPSA) is 68.4 Å². The molecule has 0 aliphatic carbocycles. The smallest absolute Gasteiger partial charge is 0.254 e. The van der Waals surface area contributed by atoms with E-state index in [-0.39, 0.29) is 5.91 Å². The third kappa shape index (κ3) is 5.10. The molecule has 2 fully saturated rings. The number of benzene rings is 1. The molecule has 0 unspecified atom stereocenters. The molecule has 2 aliphatic heterocycles. The highest BCUT2D eigenvalue weighted by molar-refractivity contribution is 6.33. The number of aromatic nitrogens is 3. The lowest BCUT2D eigenvalue weighted by atomic mass is 9.97. The Labute approximate surface area is 222 Å². The Balaban J connectivity index is 1.21. The van der Waals surface area contributed by atoms with Gasteiger partial charge in [-0.05, 0) is 56.0 Å². The van der Waals surface area contributed by atoms with Gasteiger partial charge in [-0.3, -0.25) is 9.69 Å². The predicted octanol–water partition coefficient (Wildman–Crippen LogP) is 5.29. The molecule has 5 rings (SSSR count). The molecule has 1 N–H and O–H groups in total. The van der Waals surface area contributed by atoms with E-state index in [0.29, 0.717) is 22.1 Å². The molecule has 2 aliphatic rings. The van der Waals surface area contributed by atoms with Gasteiger partial charge in [-0.2, -0.15) is 0 Å². The monoisotopic (exact) mass is 526 g/mol. The van der Waals surface area contributed by atoms with Crippen molar-refractivity contribution in [2.45, 2.75) is 45.2 Å². The number of likely N-dealkylation sites (tertiary alicyclic amines) is 1. The molecule has 7 nitrogen and oxygen atoms in total. The van der Waals surface area contributed by atoms with Crippen LogP contribution in [-0.2, 0) is 0 Å². The summed E-state index contributed by atoms with van der Waals surface area (Å²) >= 11 is 12.7. The number of piperazine rings is 1. The first-order valence-electron chi connectivity index (χ1n) is 12.7. The van der Waals surface area contributed by atoms with Gasteiger partial charge in [0.1, 0.15) is 11.6 Å². The van der Waals surface area contributed by atoms with Crippen molar-refractivity contribution >= 4 is 34.9 Å². The number of piperidine rings is 1. The maximum Gasteiger partial charge on any atom is 0.254 e. The molecule has 0 spiro atoms. The van der Waals surface area contributed by atoms with Crippen LogP contribution in [0.4, 0.5) is 5.82 Å². The third-order valence-electron chi connectivity index (χ3n) is 7.53. The van der Waals surface area contributed by atoms with Crippen LogP contribution < -0.4 is 4.90 Å². The fraction of sp³-hybridized carbons (Fsp3) is 0.444. The molecule has 36 heavy (non-hydrogen) atoms. The van der Waals surface area contributed by atoms with E-state index in [1.165, 1.54) is 0 Å². The normalized spacial score (nSPS) is 19.6. The molecule has 1 atom stereocenters. The number of aryl methyl sites for hydroxylation is 1. The number of nitrogens with zero attached hydrogens (tertiary/aromatic N) is 5. The number of halogens is 2. The van der Waals surface area contributed by atoms with Gasteiger partial charge in [0.2, 0.25) is 0 Å². The van der Waals surface area contributed by atoms with Crippen molar-refractivity contribution in [1.82, 2.24) is 24.8 Å². The van der Waals surface area contributed by atoms with Crippen molar-refractivity contribution < 1.29 is 4.79 Å². The summed E-state index contributed by atoms with van der Waals surface area (Å²) in [5, 5.41) is 1.31. The highest BCUT2D eigenvalue weighted by Gasteiger charge is 2.35. The first-order valence-corrected chi connectivity index (χ1v) is 13.4. The zero-order valence-corrected chi connectivity index (χ0v) is 22.3. The van der Waals surface area contributed by atoms with Crippen LogP contribution in [0.1, 0.15) is 42.1 Å². The van der Waals surface area contributed by atoms with Crippen LogP contribution >= 0.6 is 23.2 Å². The second kappa shape index (κ2) is 10.8. The van der Waals surface area contributed by atoms with Crippen LogP contribution in [0.25, 0.3) is 11.4 Å². The van der Waals surface area contributed by atoms with Crippen molar-refractivity contribution in [1.29, 1.82) is 0 Å².